The van der Waals surface area contributed by atoms with Gasteiger partial charge < -0.3 is 9.13 Å². The summed E-state index contributed by atoms with van der Waals surface area (Å²) in [6.45, 7) is 21.6. The van der Waals surface area contributed by atoms with Crippen molar-refractivity contribution in [3.8, 4) is 34.3 Å². The third-order valence-corrected chi connectivity index (χ3v) is 12.6. The number of fused-ring (bicyclic) bond motifs is 3. The Balaban J connectivity index is 0.00000533. The molecule has 0 atom stereocenters. The summed E-state index contributed by atoms with van der Waals surface area (Å²) in [4.78, 5) is 9.13. The number of para-hydroxylation sites is 2. The van der Waals surface area contributed by atoms with Crippen LogP contribution in [-0.2, 0) is 31.9 Å². The molecule has 0 fully saturated rings. The number of hydrogen-bond acceptors (Lipinski definition) is 3. The van der Waals surface area contributed by atoms with Crippen LogP contribution < -0.4 is 0 Å². The Kier molecular flexibility index (Phi) is 11.3. The van der Waals surface area contributed by atoms with Crippen LogP contribution in [0, 0.1) is 39.5 Å². The fourth-order valence-electron chi connectivity index (χ4n) is 9.44. The van der Waals surface area contributed by atoms with E-state index in [1.807, 2.05) is 42.6 Å². The number of benzene rings is 7. The fourth-order valence-corrected chi connectivity index (χ4v) is 9.44. The topological polar surface area (TPSA) is 52.9 Å². The molecule has 0 saturated carbocycles. The van der Waals surface area contributed by atoms with Gasteiger partial charge in [0.25, 0.3) is 0 Å². The first-order valence-corrected chi connectivity index (χ1v) is 21.7. The quantitative estimate of drug-likeness (QED) is 0.113. The summed E-state index contributed by atoms with van der Waals surface area (Å²) in [5.74, 6) is 2.15. The maximum Gasteiger partial charge on any atom is 2.00 e. The van der Waals surface area contributed by atoms with Gasteiger partial charge in [0.05, 0.1) is 12.4 Å². The van der Waals surface area contributed by atoms with Crippen molar-refractivity contribution in [1.29, 1.82) is 0 Å². The van der Waals surface area contributed by atoms with Crippen molar-refractivity contribution in [2.45, 2.75) is 52.4 Å². The van der Waals surface area contributed by atoms with Crippen molar-refractivity contribution in [2.24, 2.45) is 0 Å². The number of aromatic nitrogens is 5. The maximum absolute atomic E-state index is 8.58. The number of nitrogens with zero attached hydrogens (tertiary/aromatic N) is 6. The molecule has 6 nitrogen and oxygen atoms in total. The first-order chi connectivity index (χ1) is 31.1. The molecule has 3 heterocycles. The van der Waals surface area contributed by atoms with E-state index in [9.17, 15) is 0 Å². The molecular weight excluding hydrogens is 976 g/mol. The van der Waals surface area contributed by atoms with E-state index in [4.69, 9.17) is 21.8 Å². The molecule has 0 radical (unpaired) electrons. The third-order valence-electron chi connectivity index (χ3n) is 12.6. The van der Waals surface area contributed by atoms with Gasteiger partial charge in [-0.05, 0) is 83.2 Å². The van der Waals surface area contributed by atoms with Gasteiger partial charge in [0.2, 0.25) is 0 Å². The van der Waals surface area contributed by atoms with Gasteiger partial charge in [-0.1, -0.05) is 148 Å². The Morgan fingerprint density at radius 3 is 1.86 bits per heavy atom. The first kappa shape index (κ1) is 43.1. The molecule has 3 aromatic heterocycles. The van der Waals surface area contributed by atoms with Crippen LogP contribution in [0.4, 0.5) is 5.69 Å². The Morgan fingerprint density at radius 1 is 0.554 bits per heavy atom. The predicted molar refractivity (Wildman–Crippen MR) is 260 cm³/mol. The Morgan fingerprint density at radius 2 is 1.18 bits per heavy atom. The minimum Gasteiger partial charge on any atom is -0.319 e. The molecule has 0 amide bonds. The van der Waals surface area contributed by atoms with E-state index in [1.54, 1.807) is 0 Å². The molecular formula is C58H46N6Pt. The van der Waals surface area contributed by atoms with Gasteiger partial charge in [0.1, 0.15) is 11.5 Å². The van der Waals surface area contributed by atoms with Crippen LogP contribution >= 0.6 is 0 Å². The van der Waals surface area contributed by atoms with Crippen LogP contribution in [0.1, 0.15) is 65.3 Å². The molecule has 318 valence electrons. The number of pyridine rings is 1. The Bertz CT molecular complexity index is 3360. The summed E-state index contributed by atoms with van der Waals surface area (Å²) in [6, 6.07) is 64.8. The summed E-state index contributed by atoms with van der Waals surface area (Å²) in [5.41, 5.74) is 12.1. The van der Waals surface area contributed by atoms with Crippen LogP contribution in [-0.4, -0.2) is 24.3 Å². The number of rotatable bonds is 8. The second-order valence-corrected chi connectivity index (χ2v) is 17.6. The van der Waals surface area contributed by atoms with Gasteiger partial charge in [0, 0.05) is 28.4 Å². The summed E-state index contributed by atoms with van der Waals surface area (Å²) in [7, 11) is 0. The molecule has 0 saturated heterocycles. The van der Waals surface area contributed by atoms with Gasteiger partial charge in [-0.2, -0.15) is 23.3 Å². The largest absolute Gasteiger partial charge is 2.00 e. The molecule has 0 aliphatic rings. The molecule has 0 spiro atoms. The molecule has 10 rings (SSSR count). The molecule has 0 aliphatic carbocycles. The van der Waals surface area contributed by atoms with Gasteiger partial charge in [-0.3, -0.25) is 4.85 Å². The third kappa shape index (κ3) is 7.31. The van der Waals surface area contributed by atoms with Crippen LogP contribution in [0.2, 0.25) is 0 Å². The van der Waals surface area contributed by atoms with E-state index >= 15 is 0 Å². The summed E-state index contributed by atoms with van der Waals surface area (Å²) in [6.07, 6.45) is 1.91. The molecule has 0 N–H and O–H groups in total. The molecule has 10 aromatic rings. The van der Waals surface area contributed by atoms with Crippen molar-refractivity contribution < 1.29 is 21.1 Å². The van der Waals surface area contributed by atoms with Crippen molar-refractivity contribution in [2.75, 3.05) is 0 Å². The van der Waals surface area contributed by atoms with Crippen molar-refractivity contribution >= 4 is 27.5 Å². The normalized spacial score (nSPS) is 11.7. The molecule has 0 bridgehead atoms. The van der Waals surface area contributed by atoms with E-state index in [0.717, 1.165) is 83.6 Å². The van der Waals surface area contributed by atoms with Crippen LogP contribution in [0.3, 0.4) is 0 Å². The smallest absolute Gasteiger partial charge is 0.319 e. The maximum atomic E-state index is 8.58. The van der Waals surface area contributed by atoms with E-state index in [2.05, 4.69) is 195 Å². The van der Waals surface area contributed by atoms with Gasteiger partial charge >= 0.3 is 21.1 Å². The average Bonchev–Trinajstić information content (AvgIpc) is 3.89. The van der Waals surface area contributed by atoms with Crippen LogP contribution in [0.15, 0.2) is 170 Å². The van der Waals surface area contributed by atoms with Crippen molar-refractivity contribution in [1.82, 2.24) is 24.3 Å². The number of hydrogen-bond donors (Lipinski definition) is 0. The Labute approximate surface area is 395 Å². The fraction of sp³-hybridized carbons (Fsp3) is 0.138. The van der Waals surface area contributed by atoms with E-state index in [-0.39, 0.29) is 26.5 Å². The molecule has 7 heteroatoms. The first-order valence-electron chi connectivity index (χ1n) is 21.7. The van der Waals surface area contributed by atoms with E-state index in [0.29, 0.717) is 17.1 Å². The van der Waals surface area contributed by atoms with Crippen LogP contribution in [0.5, 0.6) is 0 Å². The zero-order valence-electron chi connectivity index (χ0n) is 37.2. The minimum absolute atomic E-state index is 0. The van der Waals surface area contributed by atoms with Gasteiger partial charge in [-0.15, -0.1) is 45.4 Å². The van der Waals surface area contributed by atoms with E-state index < -0.39 is 5.41 Å². The summed E-state index contributed by atoms with van der Waals surface area (Å²) < 4.78 is 4.40. The number of aryl methyl sites for hydroxylation is 3. The van der Waals surface area contributed by atoms with Gasteiger partial charge in [-0.25, -0.2) is 4.98 Å². The Hall–Kier alpha value is -7.19. The predicted octanol–water partition coefficient (Wildman–Crippen LogP) is 13.8. The van der Waals surface area contributed by atoms with Crippen molar-refractivity contribution in [3.63, 3.8) is 0 Å². The molecule has 65 heavy (non-hydrogen) atoms. The zero-order chi connectivity index (χ0) is 44.2. The molecule has 0 aliphatic heterocycles. The van der Waals surface area contributed by atoms with Crippen LogP contribution in [0.25, 0.3) is 60.9 Å². The molecule has 0 unspecified atom stereocenters. The van der Waals surface area contributed by atoms with Crippen molar-refractivity contribution in [3.05, 3.63) is 238 Å². The second-order valence-electron chi connectivity index (χ2n) is 17.6. The molecule has 7 aromatic carbocycles. The van der Waals surface area contributed by atoms with Gasteiger partial charge in [0.15, 0.2) is 5.82 Å². The SMILES string of the molecule is [C-]#[N+]c1cc(-c2nnc(-c3ccccc3C)n2-c2c(C)cccc2C)[c-]c(C(c2[c-]c3c(cc2)c2ccccc2n3-c2cc(C(C)(C)C)ccn2)(c2ccccc2)c2ccccc2)c1.[Pt+2]. The summed E-state index contributed by atoms with van der Waals surface area (Å²) in [5, 5.41) is 12.1. The average molecular weight is 1020 g/mol. The standard InChI is InChI=1S/C58H46N6.Pt/c1-38-19-14-15-26-48(38)56-62-61-55(64(56)54-39(2)20-18-21-40(54)3)41-33-46(35-47(34-41)59-7)58(42-22-10-8-11-23-42,43-24-12-9-13-25-43)45-29-30-50-49-27-16-17-28-51(49)63(52(50)36-45)53-37-44(31-32-60-53)57(4,5)6;/h8-32,34-35,37H,1-6H3;/q-2;+2. The van der Waals surface area contributed by atoms with E-state index in [1.165, 1.54) is 5.56 Å². The minimum atomic E-state index is -1.00. The zero-order valence-corrected chi connectivity index (χ0v) is 39.4. The second kappa shape index (κ2) is 17.1. The monoisotopic (exact) mass is 1020 g/mol. The summed E-state index contributed by atoms with van der Waals surface area (Å²) >= 11 is 0.